The molecule has 0 heterocycles. The highest BCUT2D eigenvalue weighted by molar-refractivity contribution is 6.31. The van der Waals surface area contributed by atoms with E-state index in [4.69, 9.17) is 11.6 Å². The van der Waals surface area contributed by atoms with Crippen molar-refractivity contribution in [3.8, 4) is 0 Å². The Morgan fingerprint density at radius 1 is 1.08 bits per heavy atom. The third-order valence-electron chi connectivity index (χ3n) is 5.27. The summed E-state index contributed by atoms with van der Waals surface area (Å²) in [7, 11) is 0. The average Bonchev–Trinajstić information content (AvgIpc) is 2.65. The Labute approximate surface area is 162 Å². The van der Waals surface area contributed by atoms with Crippen molar-refractivity contribution in [2.75, 3.05) is 18.4 Å². The molecule has 2 rings (SSSR count). The number of nitrogens with zero attached hydrogens (tertiary/aromatic N) is 1. The van der Waals surface area contributed by atoms with E-state index in [1.165, 1.54) is 0 Å². The molecule has 1 aromatic rings. The fraction of sp³-hybridized carbons (Fsp3) is 0.619. The van der Waals surface area contributed by atoms with Crippen molar-refractivity contribution in [2.24, 2.45) is 11.8 Å². The Hall–Kier alpha value is -1.55. The van der Waals surface area contributed by atoms with Crippen LogP contribution in [-0.4, -0.2) is 29.8 Å². The zero-order valence-electron chi connectivity index (χ0n) is 16.2. The molecule has 4 nitrogen and oxygen atoms in total. The summed E-state index contributed by atoms with van der Waals surface area (Å²) in [5.41, 5.74) is 1.67. The molecule has 0 aliphatic heterocycles. The van der Waals surface area contributed by atoms with Crippen LogP contribution in [0.5, 0.6) is 0 Å². The van der Waals surface area contributed by atoms with E-state index in [1.807, 2.05) is 30.0 Å². The largest absolute Gasteiger partial charge is 0.342 e. The summed E-state index contributed by atoms with van der Waals surface area (Å²) in [5.74, 6) is 0.367. The standard InChI is InChI=1S/C21H31ClN2O2/c1-4-13-24(14-5-2)21(26)17-11-9-16(10-12-17)20(25)23-19-8-6-7-18(22)15(19)3/h6-8,16-17H,4-5,9-14H2,1-3H3,(H,23,25). The Morgan fingerprint density at radius 2 is 1.65 bits per heavy atom. The average molecular weight is 379 g/mol. The lowest BCUT2D eigenvalue weighted by Gasteiger charge is -2.31. The van der Waals surface area contributed by atoms with Crippen LogP contribution in [0.4, 0.5) is 5.69 Å². The summed E-state index contributed by atoms with van der Waals surface area (Å²) in [4.78, 5) is 27.3. The van der Waals surface area contributed by atoms with Crippen LogP contribution in [0.2, 0.25) is 5.02 Å². The number of anilines is 1. The van der Waals surface area contributed by atoms with Crippen molar-refractivity contribution in [1.82, 2.24) is 4.90 Å². The predicted molar refractivity (Wildman–Crippen MR) is 107 cm³/mol. The maximum absolute atomic E-state index is 12.7. The van der Waals surface area contributed by atoms with Crippen LogP contribution in [-0.2, 0) is 9.59 Å². The number of halogens is 1. The van der Waals surface area contributed by atoms with E-state index >= 15 is 0 Å². The summed E-state index contributed by atoms with van der Waals surface area (Å²) in [6.07, 6.45) is 5.12. The second-order valence-electron chi connectivity index (χ2n) is 7.28. The van der Waals surface area contributed by atoms with Crippen LogP contribution in [0.25, 0.3) is 0 Å². The predicted octanol–water partition coefficient (Wildman–Crippen LogP) is 5.04. The van der Waals surface area contributed by atoms with Gasteiger partial charge in [0.2, 0.25) is 11.8 Å². The van der Waals surface area contributed by atoms with Crippen LogP contribution >= 0.6 is 11.6 Å². The zero-order chi connectivity index (χ0) is 19.1. The van der Waals surface area contributed by atoms with Crippen LogP contribution in [0.15, 0.2) is 18.2 Å². The number of hydrogen-bond acceptors (Lipinski definition) is 2. The number of rotatable bonds is 7. The maximum atomic E-state index is 12.7. The highest BCUT2D eigenvalue weighted by atomic mass is 35.5. The summed E-state index contributed by atoms with van der Waals surface area (Å²) >= 11 is 6.12. The monoisotopic (exact) mass is 378 g/mol. The minimum Gasteiger partial charge on any atom is -0.342 e. The minimum absolute atomic E-state index is 0.0248. The van der Waals surface area contributed by atoms with Crippen molar-refractivity contribution < 1.29 is 9.59 Å². The highest BCUT2D eigenvalue weighted by Gasteiger charge is 2.32. The molecule has 0 aromatic heterocycles. The molecule has 1 aliphatic rings. The zero-order valence-corrected chi connectivity index (χ0v) is 16.9. The summed E-state index contributed by atoms with van der Waals surface area (Å²) in [6.45, 7) is 7.79. The molecule has 1 aliphatic carbocycles. The molecule has 26 heavy (non-hydrogen) atoms. The fourth-order valence-electron chi connectivity index (χ4n) is 3.71. The number of hydrogen-bond donors (Lipinski definition) is 1. The molecular formula is C21H31ClN2O2. The van der Waals surface area contributed by atoms with Gasteiger partial charge in [-0.25, -0.2) is 0 Å². The van der Waals surface area contributed by atoms with E-state index in [-0.39, 0.29) is 23.7 Å². The second-order valence-corrected chi connectivity index (χ2v) is 7.68. The van der Waals surface area contributed by atoms with Gasteiger partial charge in [0.1, 0.15) is 0 Å². The lowest BCUT2D eigenvalue weighted by Crippen LogP contribution is -2.39. The van der Waals surface area contributed by atoms with Gasteiger partial charge < -0.3 is 10.2 Å². The van der Waals surface area contributed by atoms with Crippen molar-refractivity contribution in [2.45, 2.75) is 59.3 Å². The van der Waals surface area contributed by atoms with Gasteiger partial charge in [0.05, 0.1) is 0 Å². The first-order valence-electron chi connectivity index (χ1n) is 9.82. The maximum Gasteiger partial charge on any atom is 0.227 e. The van der Waals surface area contributed by atoms with Crippen LogP contribution in [0.1, 0.15) is 57.9 Å². The number of amides is 2. The van der Waals surface area contributed by atoms with Gasteiger partial charge in [-0.15, -0.1) is 0 Å². The molecule has 0 saturated heterocycles. The lowest BCUT2D eigenvalue weighted by atomic mass is 9.80. The quantitative estimate of drug-likeness (QED) is 0.722. The molecule has 1 saturated carbocycles. The molecule has 0 unspecified atom stereocenters. The molecule has 0 atom stereocenters. The lowest BCUT2D eigenvalue weighted by molar-refractivity contribution is -0.138. The van der Waals surface area contributed by atoms with Crippen LogP contribution in [0, 0.1) is 18.8 Å². The van der Waals surface area contributed by atoms with Gasteiger partial charge >= 0.3 is 0 Å². The smallest absolute Gasteiger partial charge is 0.227 e. The van der Waals surface area contributed by atoms with Gasteiger partial charge in [0, 0.05) is 35.6 Å². The van der Waals surface area contributed by atoms with Crippen molar-refractivity contribution in [1.29, 1.82) is 0 Å². The normalized spacial score (nSPS) is 19.8. The molecule has 1 aromatic carbocycles. The van der Waals surface area contributed by atoms with E-state index < -0.39 is 0 Å². The molecule has 144 valence electrons. The molecule has 1 fully saturated rings. The molecule has 2 amide bonds. The molecule has 0 radical (unpaired) electrons. The van der Waals surface area contributed by atoms with E-state index in [0.29, 0.717) is 5.02 Å². The van der Waals surface area contributed by atoms with Gasteiger partial charge in [-0.1, -0.05) is 31.5 Å². The number of carbonyl (C=O) groups excluding carboxylic acids is 2. The van der Waals surface area contributed by atoms with Crippen LogP contribution < -0.4 is 5.32 Å². The van der Waals surface area contributed by atoms with Gasteiger partial charge in [-0.05, 0) is 63.1 Å². The van der Waals surface area contributed by atoms with E-state index in [2.05, 4.69) is 19.2 Å². The van der Waals surface area contributed by atoms with Gasteiger partial charge in [-0.3, -0.25) is 9.59 Å². The molecule has 5 heteroatoms. The SMILES string of the molecule is CCCN(CCC)C(=O)C1CCC(C(=O)Nc2cccc(Cl)c2C)CC1. The number of nitrogens with one attached hydrogen (secondary N) is 1. The topological polar surface area (TPSA) is 49.4 Å². The van der Waals surface area contributed by atoms with Crippen LogP contribution in [0.3, 0.4) is 0 Å². The van der Waals surface area contributed by atoms with Crippen molar-refractivity contribution in [3.63, 3.8) is 0 Å². The third kappa shape index (κ3) is 5.23. The van der Waals surface area contributed by atoms with Gasteiger partial charge in [0.15, 0.2) is 0 Å². The van der Waals surface area contributed by atoms with Crippen molar-refractivity contribution in [3.05, 3.63) is 28.8 Å². The van der Waals surface area contributed by atoms with E-state index in [1.54, 1.807) is 0 Å². The van der Waals surface area contributed by atoms with Gasteiger partial charge in [0.25, 0.3) is 0 Å². The first-order chi connectivity index (χ1) is 12.5. The van der Waals surface area contributed by atoms with E-state index in [9.17, 15) is 9.59 Å². The summed E-state index contributed by atoms with van der Waals surface area (Å²) in [5, 5.41) is 3.67. The van der Waals surface area contributed by atoms with E-state index in [0.717, 1.165) is 62.9 Å². The minimum atomic E-state index is -0.0248. The Balaban J connectivity index is 1.90. The second kappa shape index (κ2) is 9.96. The Bertz CT molecular complexity index is 618. The first kappa shape index (κ1) is 20.8. The Morgan fingerprint density at radius 3 is 2.23 bits per heavy atom. The molecular weight excluding hydrogens is 348 g/mol. The number of benzene rings is 1. The molecule has 0 bridgehead atoms. The van der Waals surface area contributed by atoms with Crippen molar-refractivity contribution >= 4 is 29.1 Å². The number of carbonyl (C=O) groups is 2. The summed E-state index contributed by atoms with van der Waals surface area (Å²) < 4.78 is 0. The fourth-order valence-corrected chi connectivity index (χ4v) is 3.88. The third-order valence-corrected chi connectivity index (χ3v) is 5.68. The summed E-state index contributed by atoms with van der Waals surface area (Å²) in [6, 6.07) is 5.54. The molecule has 1 N–H and O–H groups in total. The highest BCUT2D eigenvalue weighted by Crippen LogP contribution is 2.32. The van der Waals surface area contributed by atoms with Gasteiger partial charge in [-0.2, -0.15) is 0 Å². The molecule has 0 spiro atoms. The Kier molecular flexibility index (Phi) is 7.95. The first-order valence-corrected chi connectivity index (χ1v) is 10.2.